The van der Waals surface area contributed by atoms with Gasteiger partial charge < -0.3 is 10.2 Å². The Morgan fingerprint density at radius 3 is 2.47 bits per heavy atom. The molecule has 1 atom stereocenters. The fourth-order valence-electron chi connectivity index (χ4n) is 2.94. The predicted molar refractivity (Wildman–Crippen MR) is 82.6 cm³/mol. The molecule has 19 heavy (non-hydrogen) atoms. The van der Waals surface area contributed by atoms with E-state index in [0.717, 1.165) is 25.6 Å². The maximum absolute atomic E-state index is 3.38. The van der Waals surface area contributed by atoms with Gasteiger partial charge in [0.05, 0.1) is 0 Å². The molecule has 0 radical (unpaired) electrons. The van der Waals surface area contributed by atoms with Crippen molar-refractivity contribution in [3.8, 4) is 0 Å². The van der Waals surface area contributed by atoms with Gasteiger partial charge >= 0.3 is 0 Å². The van der Waals surface area contributed by atoms with E-state index in [-0.39, 0.29) is 5.41 Å². The smallest absolute Gasteiger partial charge is 0.0176 e. The minimum absolute atomic E-state index is 0.195. The van der Waals surface area contributed by atoms with Crippen molar-refractivity contribution in [1.29, 1.82) is 0 Å². The third-order valence-electron chi connectivity index (χ3n) is 4.27. The SMILES string of the molecule is CCN(CC1CC1)CC(C)(CNC)c1ccccc1. The van der Waals surface area contributed by atoms with Crippen molar-refractivity contribution in [3.63, 3.8) is 0 Å². The summed E-state index contributed by atoms with van der Waals surface area (Å²) >= 11 is 0. The highest BCUT2D eigenvalue weighted by Gasteiger charge is 2.31. The second-order valence-corrected chi connectivity index (χ2v) is 6.23. The Balaban J connectivity index is 2.08. The highest BCUT2D eigenvalue weighted by atomic mass is 15.1. The summed E-state index contributed by atoms with van der Waals surface area (Å²) in [5.74, 6) is 0.967. The zero-order valence-corrected chi connectivity index (χ0v) is 12.7. The molecule has 106 valence electrons. The molecule has 0 bridgehead atoms. The Kier molecular flexibility index (Phi) is 5.00. The highest BCUT2D eigenvalue weighted by molar-refractivity contribution is 5.25. The second-order valence-electron chi connectivity index (χ2n) is 6.23. The number of hydrogen-bond donors (Lipinski definition) is 1. The van der Waals surface area contributed by atoms with Crippen molar-refractivity contribution in [1.82, 2.24) is 10.2 Å². The summed E-state index contributed by atoms with van der Waals surface area (Å²) in [5, 5.41) is 3.38. The summed E-state index contributed by atoms with van der Waals surface area (Å²) < 4.78 is 0. The van der Waals surface area contributed by atoms with Gasteiger partial charge in [-0.2, -0.15) is 0 Å². The molecule has 1 fully saturated rings. The van der Waals surface area contributed by atoms with Crippen molar-refractivity contribution in [2.45, 2.75) is 32.1 Å². The first-order valence-corrected chi connectivity index (χ1v) is 7.60. The first-order chi connectivity index (χ1) is 9.18. The Morgan fingerprint density at radius 1 is 1.26 bits per heavy atom. The Bertz CT molecular complexity index is 372. The van der Waals surface area contributed by atoms with Gasteiger partial charge in [-0.25, -0.2) is 0 Å². The van der Waals surface area contributed by atoms with Crippen LogP contribution in [0.1, 0.15) is 32.3 Å². The summed E-state index contributed by atoms with van der Waals surface area (Å²) in [6, 6.07) is 10.9. The number of rotatable bonds is 8. The number of hydrogen-bond acceptors (Lipinski definition) is 2. The van der Waals surface area contributed by atoms with Gasteiger partial charge in [0.25, 0.3) is 0 Å². The van der Waals surface area contributed by atoms with Gasteiger partial charge in [-0.15, -0.1) is 0 Å². The van der Waals surface area contributed by atoms with Crippen molar-refractivity contribution in [3.05, 3.63) is 35.9 Å². The summed E-state index contributed by atoms with van der Waals surface area (Å²) in [6.45, 7) is 9.27. The standard InChI is InChI=1S/C17H28N2/c1-4-19(12-15-10-11-15)14-17(2,13-18-3)16-8-6-5-7-9-16/h5-9,15,18H,4,10-14H2,1-3H3. The summed E-state index contributed by atoms with van der Waals surface area (Å²) in [6.07, 6.45) is 2.87. The number of nitrogens with one attached hydrogen (secondary N) is 1. The molecule has 1 aliphatic rings. The minimum Gasteiger partial charge on any atom is -0.319 e. The first kappa shape index (κ1) is 14.5. The van der Waals surface area contributed by atoms with Crippen LogP contribution in [0.4, 0.5) is 0 Å². The second kappa shape index (κ2) is 6.53. The number of benzene rings is 1. The third-order valence-corrected chi connectivity index (χ3v) is 4.27. The van der Waals surface area contributed by atoms with E-state index in [0.29, 0.717) is 0 Å². The topological polar surface area (TPSA) is 15.3 Å². The number of likely N-dealkylation sites (N-methyl/N-ethyl adjacent to an activating group) is 2. The Labute approximate surface area is 118 Å². The average molecular weight is 260 g/mol. The predicted octanol–water partition coefficient (Wildman–Crippen LogP) is 2.90. The van der Waals surface area contributed by atoms with Gasteiger partial charge in [-0.05, 0) is 37.9 Å². The van der Waals surface area contributed by atoms with E-state index < -0.39 is 0 Å². The zero-order chi connectivity index (χ0) is 13.7. The molecule has 0 heterocycles. The van der Waals surface area contributed by atoms with Crippen LogP contribution < -0.4 is 5.32 Å². The lowest BCUT2D eigenvalue weighted by atomic mass is 9.81. The molecule has 1 saturated carbocycles. The van der Waals surface area contributed by atoms with Crippen molar-refractivity contribution < 1.29 is 0 Å². The molecular formula is C17H28N2. The molecule has 2 nitrogen and oxygen atoms in total. The molecule has 1 unspecified atom stereocenters. The molecular weight excluding hydrogens is 232 g/mol. The van der Waals surface area contributed by atoms with Crippen molar-refractivity contribution in [2.24, 2.45) is 5.92 Å². The fraction of sp³-hybridized carbons (Fsp3) is 0.647. The van der Waals surface area contributed by atoms with E-state index >= 15 is 0 Å². The molecule has 1 N–H and O–H groups in total. The van der Waals surface area contributed by atoms with Gasteiger partial charge in [0.1, 0.15) is 0 Å². The summed E-state index contributed by atoms with van der Waals surface area (Å²) in [5.41, 5.74) is 1.64. The molecule has 0 spiro atoms. The molecule has 2 rings (SSSR count). The lowest BCUT2D eigenvalue weighted by Crippen LogP contribution is -2.45. The quantitative estimate of drug-likeness (QED) is 0.773. The highest BCUT2D eigenvalue weighted by Crippen LogP contribution is 2.31. The third kappa shape index (κ3) is 4.05. The van der Waals surface area contributed by atoms with E-state index in [9.17, 15) is 0 Å². The van der Waals surface area contributed by atoms with Gasteiger partial charge in [0.2, 0.25) is 0 Å². The minimum atomic E-state index is 0.195. The van der Waals surface area contributed by atoms with Gasteiger partial charge in [-0.3, -0.25) is 0 Å². The van der Waals surface area contributed by atoms with Crippen molar-refractivity contribution in [2.75, 3.05) is 33.2 Å². The van der Waals surface area contributed by atoms with Crippen LogP contribution >= 0.6 is 0 Å². The van der Waals surface area contributed by atoms with Crippen LogP contribution in [0.15, 0.2) is 30.3 Å². The molecule has 1 aliphatic carbocycles. The van der Waals surface area contributed by atoms with Crippen LogP contribution in [0.2, 0.25) is 0 Å². The van der Waals surface area contributed by atoms with Gasteiger partial charge in [-0.1, -0.05) is 44.2 Å². The lowest BCUT2D eigenvalue weighted by Gasteiger charge is -2.36. The molecule has 0 saturated heterocycles. The fourth-order valence-corrected chi connectivity index (χ4v) is 2.94. The van der Waals surface area contributed by atoms with Crippen LogP contribution in [0.25, 0.3) is 0 Å². The van der Waals surface area contributed by atoms with E-state index in [1.54, 1.807) is 0 Å². The molecule has 0 aliphatic heterocycles. The normalized spacial score (nSPS) is 18.5. The Morgan fingerprint density at radius 2 is 1.95 bits per heavy atom. The van der Waals surface area contributed by atoms with E-state index in [4.69, 9.17) is 0 Å². The van der Waals surface area contributed by atoms with E-state index in [2.05, 4.69) is 61.4 Å². The van der Waals surface area contributed by atoms with Crippen LogP contribution in [0.5, 0.6) is 0 Å². The van der Waals surface area contributed by atoms with Crippen LogP contribution in [0.3, 0.4) is 0 Å². The van der Waals surface area contributed by atoms with Gasteiger partial charge in [0, 0.05) is 25.0 Å². The maximum atomic E-state index is 3.38. The first-order valence-electron chi connectivity index (χ1n) is 7.60. The van der Waals surface area contributed by atoms with Gasteiger partial charge in [0.15, 0.2) is 0 Å². The molecule has 1 aromatic rings. The molecule has 0 aromatic heterocycles. The van der Waals surface area contributed by atoms with Crippen LogP contribution in [0, 0.1) is 5.92 Å². The molecule has 0 amide bonds. The summed E-state index contributed by atoms with van der Waals surface area (Å²) in [7, 11) is 2.05. The monoisotopic (exact) mass is 260 g/mol. The lowest BCUT2D eigenvalue weighted by molar-refractivity contribution is 0.214. The van der Waals surface area contributed by atoms with Crippen LogP contribution in [-0.2, 0) is 5.41 Å². The van der Waals surface area contributed by atoms with E-state index in [1.807, 2.05) is 0 Å². The molecule has 2 heteroatoms. The zero-order valence-electron chi connectivity index (χ0n) is 12.7. The summed E-state index contributed by atoms with van der Waals surface area (Å²) in [4.78, 5) is 2.63. The largest absolute Gasteiger partial charge is 0.319 e. The number of nitrogens with zero attached hydrogens (tertiary/aromatic N) is 1. The molecule has 1 aromatic carbocycles. The average Bonchev–Trinajstić information content (AvgIpc) is 3.23. The van der Waals surface area contributed by atoms with Crippen molar-refractivity contribution >= 4 is 0 Å². The van der Waals surface area contributed by atoms with Crippen LogP contribution in [-0.4, -0.2) is 38.1 Å². The maximum Gasteiger partial charge on any atom is 0.0176 e. The Hall–Kier alpha value is -0.860. The van der Waals surface area contributed by atoms with E-state index in [1.165, 1.54) is 24.9 Å².